The second-order valence-corrected chi connectivity index (χ2v) is 8.75. The molecule has 2 heterocycles. The van der Waals surface area contributed by atoms with Crippen molar-refractivity contribution in [2.75, 3.05) is 6.54 Å². The van der Waals surface area contributed by atoms with Gasteiger partial charge in [-0.3, -0.25) is 19.2 Å². The number of amides is 1. The number of ketones is 3. The fraction of sp³-hybridized carbons (Fsp3) is 0.333. The molecule has 1 aromatic heterocycles. The molecule has 0 fully saturated rings. The maximum absolute atomic E-state index is 13.7. The molecule has 0 saturated heterocycles. The van der Waals surface area contributed by atoms with Crippen LogP contribution >= 0.6 is 0 Å². The number of phenolic OH excluding ortho intramolecular Hbond substituents is 2. The summed E-state index contributed by atoms with van der Waals surface area (Å²) in [5.41, 5.74) is -1.92. The summed E-state index contributed by atoms with van der Waals surface area (Å²) in [6.45, 7) is 6.95. The van der Waals surface area contributed by atoms with Gasteiger partial charge in [-0.05, 0) is 34.6 Å². The lowest BCUT2D eigenvalue weighted by Crippen LogP contribution is -2.42. The fourth-order valence-corrected chi connectivity index (χ4v) is 4.31. The van der Waals surface area contributed by atoms with E-state index in [1.165, 1.54) is 27.7 Å². The van der Waals surface area contributed by atoms with Gasteiger partial charge in [0.15, 0.2) is 23.2 Å². The van der Waals surface area contributed by atoms with E-state index in [1.807, 2.05) is 0 Å². The minimum absolute atomic E-state index is 0.00298. The first-order valence-electron chi connectivity index (χ1n) is 11.0. The van der Waals surface area contributed by atoms with Gasteiger partial charge in [0, 0.05) is 17.3 Å². The molecule has 2 aliphatic rings. The zero-order valence-electron chi connectivity index (χ0n) is 20.2. The SMILES string of the molecule is CC(=O)c1c(O)c(C)c(O)c2c1OC1=CC(=O)C(=C(C)NCC(=O)NCc3nc(C)no3)C(=O)[C@@]12C. The number of aryl methyl sites for hydroxylation is 1. The number of allylic oxidation sites excluding steroid dienone is 4. The Morgan fingerprint density at radius 1 is 1.11 bits per heavy atom. The fourth-order valence-electron chi connectivity index (χ4n) is 4.31. The molecule has 188 valence electrons. The summed E-state index contributed by atoms with van der Waals surface area (Å²) in [5.74, 6) is -2.81. The molecule has 2 aromatic rings. The van der Waals surface area contributed by atoms with Crippen molar-refractivity contribution < 1.29 is 38.7 Å². The lowest BCUT2D eigenvalue weighted by molar-refractivity contribution is -0.124. The number of phenols is 2. The normalized spacial score (nSPS) is 19.8. The van der Waals surface area contributed by atoms with Crippen LogP contribution in [0.4, 0.5) is 0 Å². The number of aromatic nitrogens is 2. The van der Waals surface area contributed by atoms with Gasteiger partial charge in [0.05, 0.1) is 24.2 Å². The molecule has 0 unspecified atom stereocenters. The lowest BCUT2D eigenvalue weighted by atomic mass is 9.70. The van der Waals surface area contributed by atoms with E-state index in [1.54, 1.807) is 6.92 Å². The van der Waals surface area contributed by atoms with Gasteiger partial charge in [0.2, 0.25) is 11.8 Å². The summed E-state index contributed by atoms with van der Waals surface area (Å²) in [6.07, 6.45) is 1.11. The van der Waals surface area contributed by atoms with E-state index in [4.69, 9.17) is 9.26 Å². The minimum atomic E-state index is -1.63. The largest absolute Gasteiger partial charge is 0.507 e. The Hall–Kier alpha value is -4.48. The molecule has 0 radical (unpaired) electrons. The second kappa shape index (κ2) is 8.63. The van der Waals surface area contributed by atoms with Gasteiger partial charge in [-0.1, -0.05) is 5.16 Å². The molecule has 1 aliphatic heterocycles. The first-order valence-corrected chi connectivity index (χ1v) is 11.0. The molecule has 12 heteroatoms. The van der Waals surface area contributed by atoms with Gasteiger partial charge in [-0.25, -0.2) is 0 Å². The van der Waals surface area contributed by atoms with E-state index in [2.05, 4.69) is 20.8 Å². The third kappa shape index (κ3) is 3.70. The zero-order valence-corrected chi connectivity index (χ0v) is 20.2. The van der Waals surface area contributed by atoms with Crippen molar-refractivity contribution in [1.82, 2.24) is 20.8 Å². The molecular weight excluding hydrogens is 472 g/mol. The summed E-state index contributed by atoms with van der Waals surface area (Å²) in [4.78, 5) is 55.0. The molecule has 0 spiro atoms. The van der Waals surface area contributed by atoms with E-state index in [0.29, 0.717) is 5.82 Å². The predicted octanol–water partition coefficient (Wildman–Crippen LogP) is 1.17. The highest BCUT2D eigenvalue weighted by Gasteiger charge is 2.56. The van der Waals surface area contributed by atoms with E-state index in [0.717, 1.165) is 6.08 Å². The first-order chi connectivity index (χ1) is 16.9. The van der Waals surface area contributed by atoms with E-state index in [-0.39, 0.29) is 58.4 Å². The molecule has 1 amide bonds. The zero-order chi connectivity index (χ0) is 26.5. The van der Waals surface area contributed by atoms with Crippen molar-refractivity contribution >= 4 is 23.3 Å². The van der Waals surface area contributed by atoms with Crippen LogP contribution in [-0.2, 0) is 26.3 Å². The van der Waals surface area contributed by atoms with Crippen LogP contribution in [0.1, 0.15) is 54.0 Å². The lowest BCUT2D eigenvalue weighted by Gasteiger charge is -2.29. The second-order valence-electron chi connectivity index (χ2n) is 8.75. The van der Waals surface area contributed by atoms with Gasteiger partial charge in [-0.2, -0.15) is 4.98 Å². The summed E-state index contributed by atoms with van der Waals surface area (Å²) >= 11 is 0. The van der Waals surface area contributed by atoms with Gasteiger partial charge in [0.25, 0.3) is 0 Å². The van der Waals surface area contributed by atoms with E-state index >= 15 is 0 Å². The molecule has 1 aromatic carbocycles. The quantitative estimate of drug-likeness (QED) is 0.256. The average molecular weight is 496 g/mol. The number of rotatable bonds is 6. The molecule has 1 aliphatic carbocycles. The van der Waals surface area contributed by atoms with Crippen LogP contribution in [0.15, 0.2) is 27.6 Å². The monoisotopic (exact) mass is 496 g/mol. The summed E-state index contributed by atoms with van der Waals surface area (Å²) in [6, 6.07) is 0. The van der Waals surface area contributed by atoms with Crippen LogP contribution < -0.4 is 15.4 Å². The average Bonchev–Trinajstić information content (AvgIpc) is 3.35. The number of nitrogens with zero attached hydrogens (tertiary/aromatic N) is 2. The molecule has 4 N–H and O–H groups in total. The minimum Gasteiger partial charge on any atom is -0.507 e. The van der Waals surface area contributed by atoms with Gasteiger partial charge in [0.1, 0.15) is 34.0 Å². The number of fused-ring (bicyclic) bond motifs is 3. The van der Waals surface area contributed by atoms with Crippen molar-refractivity contribution in [3.63, 3.8) is 0 Å². The maximum Gasteiger partial charge on any atom is 0.246 e. The molecule has 36 heavy (non-hydrogen) atoms. The van der Waals surface area contributed by atoms with Crippen LogP contribution in [0.3, 0.4) is 0 Å². The van der Waals surface area contributed by atoms with Crippen LogP contribution in [0.25, 0.3) is 0 Å². The highest BCUT2D eigenvalue weighted by atomic mass is 16.5. The molecular formula is C24H24N4O8. The highest BCUT2D eigenvalue weighted by molar-refractivity contribution is 6.31. The van der Waals surface area contributed by atoms with Crippen molar-refractivity contribution in [3.8, 4) is 17.2 Å². The first kappa shape index (κ1) is 24.6. The Bertz CT molecular complexity index is 1420. The summed E-state index contributed by atoms with van der Waals surface area (Å²) in [7, 11) is 0. The van der Waals surface area contributed by atoms with Crippen LogP contribution in [0.5, 0.6) is 17.2 Å². The van der Waals surface area contributed by atoms with Gasteiger partial charge < -0.3 is 30.1 Å². The number of hydrogen-bond donors (Lipinski definition) is 4. The van der Waals surface area contributed by atoms with Crippen molar-refractivity contribution in [1.29, 1.82) is 0 Å². The van der Waals surface area contributed by atoms with E-state index < -0.39 is 40.2 Å². The molecule has 4 rings (SSSR count). The Balaban J connectivity index is 1.64. The number of Topliss-reactive ketones (excluding diaryl/α,β-unsaturated/α-hetero) is 2. The number of aromatic hydroxyl groups is 2. The Kier molecular flexibility index (Phi) is 5.91. The summed E-state index contributed by atoms with van der Waals surface area (Å²) < 4.78 is 10.6. The summed E-state index contributed by atoms with van der Waals surface area (Å²) in [5, 5.41) is 30.2. The van der Waals surface area contributed by atoms with Gasteiger partial charge >= 0.3 is 0 Å². The Morgan fingerprint density at radius 3 is 2.42 bits per heavy atom. The standard InChI is InChI=1S/C24H24N4O8/c1-9-20(32)18(11(3)29)22-19(21(9)33)24(5)14(35-22)6-13(30)17(23(24)34)10(2)25-7-15(31)26-8-16-27-12(4)28-36-16/h6,25,32-33H,7-8H2,1-5H3,(H,26,31)/t24-/m0/s1. The number of carbonyl (C=O) groups is 4. The van der Waals surface area contributed by atoms with Crippen molar-refractivity contribution in [2.24, 2.45) is 0 Å². The number of benzene rings is 1. The Morgan fingerprint density at radius 2 is 1.81 bits per heavy atom. The van der Waals surface area contributed by atoms with Crippen LogP contribution in [0, 0.1) is 13.8 Å². The van der Waals surface area contributed by atoms with Gasteiger partial charge in [-0.15, -0.1) is 0 Å². The molecule has 1 atom stereocenters. The number of carbonyl (C=O) groups excluding carboxylic acids is 4. The number of ether oxygens (including phenoxy) is 1. The van der Waals surface area contributed by atoms with Crippen molar-refractivity contribution in [3.05, 3.63) is 51.5 Å². The smallest absolute Gasteiger partial charge is 0.246 e. The highest BCUT2D eigenvalue weighted by Crippen LogP contribution is 2.57. The third-order valence-electron chi connectivity index (χ3n) is 6.28. The predicted molar refractivity (Wildman–Crippen MR) is 122 cm³/mol. The van der Waals surface area contributed by atoms with E-state index in [9.17, 15) is 29.4 Å². The Labute approximate surface area is 205 Å². The number of nitrogens with one attached hydrogen (secondary N) is 2. The number of hydrogen-bond acceptors (Lipinski definition) is 11. The maximum atomic E-state index is 13.7. The molecule has 0 saturated carbocycles. The van der Waals surface area contributed by atoms with Crippen molar-refractivity contribution in [2.45, 2.75) is 46.6 Å². The molecule has 12 nitrogen and oxygen atoms in total. The topological polar surface area (TPSA) is 181 Å². The third-order valence-corrected chi connectivity index (χ3v) is 6.28. The van der Waals surface area contributed by atoms with Crippen LogP contribution in [-0.4, -0.2) is 50.2 Å². The molecule has 0 bridgehead atoms. The van der Waals surface area contributed by atoms with Crippen LogP contribution in [0.2, 0.25) is 0 Å².